The highest BCUT2D eigenvalue weighted by Crippen LogP contribution is 2.17. The van der Waals surface area contributed by atoms with E-state index in [0.29, 0.717) is 27.1 Å². The van der Waals surface area contributed by atoms with E-state index in [0.717, 1.165) is 4.57 Å². The molecule has 3 aromatic heterocycles. The number of carbonyl (C=O) groups is 1. The molecule has 1 amide bonds. The first-order valence-electron chi connectivity index (χ1n) is 9.56. The van der Waals surface area contributed by atoms with Crippen molar-refractivity contribution in [2.75, 3.05) is 0 Å². The molecule has 1 N–H and O–H groups in total. The third-order valence-electron chi connectivity index (χ3n) is 4.91. The van der Waals surface area contributed by atoms with Crippen molar-refractivity contribution in [3.05, 3.63) is 91.8 Å². The van der Waals surface area contributed by atoms with E-state index in [4.69, 9.17) is 4.42 Å². The Kier molecular flexibility index (Phi) is 5.82. The summed E-state index contributed by atoms with van der Waals surface area (Å²) < 4.78 is 8.17. The second-order valence-corrected chi connectivity index (χ2v) is 7.75. The van der Waals surface area contributed by atoms with E-state index in [1.54, 1.807) is 47.8 Å². The zero-order valence-corrected chi connectivity index (χ0v) is 17.2. The van der Waals surface area contributed by atoms with Gasteiger partial charge in [-0.15, -0.1) is 11.3 Å². The van der Waals surface area contributed by atoms with Crippen LogP contribution in [0, 0.1) is 11.3 Å². The summed E-state index contributed by atoms with van der Waals surface area (Å²) in [6.07, 6.45) is 1.49. The van der Waals surface area contributed by atoms with Gasteiger partial charge in [0.15, 0.2) is 0 Å². The maximum Gasteiger partial charge on any atom is 0.331 e. The first kappa shape index (κ1) is 20.4. The van der Waals surface area contributed by atoms with Gasteiger partial charge in [-0.1, -0.05) is 18.2 Å². The SMILES string of the molecule is N#Cc1ccccc1Cn1c(=O)n(CCC(=O)NCc2ccco2)c(=O)c2sccc21. The molecule has 0 bridgehead atoms. The van der Waals surface area contributed by atoms with E-state index in [1.807, 2.05) is 0 Å². The number of furan rings is 1. The second kappa shape index (κ2) is 8.85. The van der Waals surface area contributed by atoms with E-state index in [1.165, 1.54) is 22.2 Å². The van der Waals surface area contributed by atoms with E-state index >= 15 is 0 Å². The summed E-state index contributed by atoms with van der Waals surface area (Å²) in [6, 6.07) is 14.3. The minimum Gasteiger partial charge on any atom is -0.467 e. The summed E-state index contributed by atoms with van der Waals surface area (Å²) in [6.45, 7) is 0.343. The lowest BCUT2D eigenvalue weighted by Gasteiger charge is -2.13. The summed E-state index contributed by atoms with van der Waals surface area (Å²) in [5, 5.41) is 13.8. The number of nitriles is 1. The van der Waals surface area contributed by atoms with E-state index in [9.17, 15) is 19.6 Å². The van der Waals surface area contributed by atoms with Gasteiger partial charge in [-0.05, 0) is 35.2 Å². The number of nitrogens with one attached hydrogen (secondary N) is 1. The smallest absolute Gasteiger partial charge is 0.331 e. The van der Waals surface area contributed by atoms with Crippen molar-refractivity contribution in [1.29, 1.82) is 5.26 Å². The Morgan fingerprint density at radius 1 is 1.13 bits per heavy atom. The number of thiophene rings is 1. The van der Waals surface area contributed by atoms with Crippen molar-refractivity contribution in [2.45, 2.75) is 26.1 Å². The fraction of sp³-hybridized carbons (Fsp3) is 0.182. The van der Waals surface area contributed by atoms with Crippen LogP contribution in [0.3, 0.4) is 0 Å². The van der Waals surface area contributed by atoms with Crippen LogP contribution in [0.4, 0.5) is 0 Å². The van der Waals surface area contributed by atoms with Crippen LogP contribution in [0.1, 0.15) is 23.3 Å². The first-order valence-corrected chi connectivity index (χ1v) is 10.4. The Hall–Kier alpha value is -3.90. The molecule has 31 heavy (non-hydrogen) atoms. The zero-order chi connectivity index (χ0) is 21.8. The molecule has 1 aromatic carbocycles. The summed E-state index contributed by atoms with van der Waals surface area (Å²) in [5.41, 5.74) is 0.737. The Bertz CT molecular complexity index is 1390. The molecule has 0 radical (unpaired) electrons. The number of amides is 1. The lowest BCUT2D eigenvalue weighted by Crippen LogP contribution is -2.41. The zero-order valence-electron chi connectivity index (χ0n) is 16.4. The number of aromatic nitrogens is 2. The van der Waals surface area contributed by atoms with E-state index in [2.05, 4.69) is 11.4 Å². The summed E-state index contributed by atoms with van der Waals surface area (Å²) in [7, 11) is 0. The van der Waals surface area contributed by atoms with Crippen molar-refractivity contribution in [3.63, 3.8) is 0 Å². The van der Waals surface area contributed by atoms with Gasteiger partial charge in [0, 0.05) is 13.0 Å². The predicted octanol–water partition coefficient (Wildman–Crippen LogP) is 2.44. The normalized spacial score (nSPS) is 10.8. The van der Waals surface area contributed by atoms with Gasteiger partial charge in [0.1, 0.15) is 10.5 Å². The largest absolute Gasteiger partial charge is 0.467 e. The molecule has 0 aliphatic heterocycles. The van der Waals surface area contributed by atoms with E-state index < -0.39 is 11.2 Å². The minimum absolute atomic E-state index is 0.0263. The molecule has 4 aromatic rings. The highest BCUT2D eigenvalue weighted by Gasteiger charge is 2.16. The van der Waals surface area contributed by atoms with Gasteiger partial charge in [0.25, 0.3) is 5.56 Å². The number of nitrogens with zero attached hydrogens (tertiary/aromatic N) is 3. The number of carbonyl (C=O) groups excluding carboxylic acids is 1. The highest BCUT2D eigenvalue weighted by atomic mass is 32.1. The molecule has 0 atom stereocenters. The fourth-order valence-corrected chi connectivity index (χ4v) is 4.16. The molecule has 4 rings (SSSR count). The average molecular weight is 434 g/mol. The lowest BCUT2D eigenvalue weighted by molar-refractivity contribution is -0.121. The molecular weight excluding hydrogens is 416 g/mol. The Morgan fingerprint density at radius 2 is 1.97 bits per heavy atom. The van der Waals surface area contributed by atoms with Gasteiger partial charge >= 0.3 is 5.69 Å². The van der Waals surface area contributed by atoms with Crippen molar-refractivity contribution in [1.82, 2.24) is 14.5 Å². The number of fused-ring (bicyclic) bond motifs is 1. The molecule has 9 heteroatoms. The molecule has 0 aliphatic carbocycles. The molecule has 156 valence electrons. The second-order valence-electron chi connectivity index (χ2n) is 6.84. The van der Waals surface area contributed by atoms with Gasteiger partial charge in [-0.25, -0.2) is 4.79 Å². The molecule has 0 saturated carbocycles. The first-order chi connectivity index (χ1) is 15.1. The minimum atomic E-state index is -0.512. The third kappa shape index (κ3) is 4.20. The number of hydrogen-bond acceptors (Lipinski definition) is 6. The van der Waals surface area contributed by atoms with Crippen LogP contribution in [-0.4, -0.2) is 15.0 Å². The highest BCUT2D eigenvalue weighted by molar-refractivity contribution is 7.17. The Labute approximate surface area is 180 Å². The monoisotopic (exact) mass is 434 g/mol. The third-order valence-corrected chi connectivity index (χ3v) is 5.80. The maximum absolute atomic E-state index is 13.2. The van der Waals surface area contributed by atoms with Gasteiger partial charge in [0.05, 0.1) is 36.5 Å². The fourth-order valence-electron chi connectivity index (χ4n) is 3.32. The van der Waals surface area contributed by atoms with Crippen LogP contribution in [0.15, 0.2) is 68.1 Å². The maximum atomic E-state index is 13.2. The van der Waals surface area contributed by atoms with Gasteiger partial charge in [-0.3, -0.25) is 18.7 Å². The standard InChI is InChI=1S/C22H18N4O4S/c23-12-15-4-1-2-5-16(15)14-26-18-8-11-31-20(18)21(28)25(22(26)29)9-7-19(27)24-13-17-6-3-10-30-17/h1-6,8,10-11H,7,9,13-14H2,(H,24,27). The molecular formula is C22H18N4O4S. The summed E-state index contributed by atoms with van der Waals surface area (Å²) >= 11 is 1.24. The van der Waals surface area contributed by atoms with Crippen LogP contribution >= 0.6 is 11.3 Å². The Balaban J connectivity index is 1.62. The molecule has 0 unspecified atom stereocenters. The van der Waals surface area contributed by atoms with Crippen LogP contribution in [0.25, 0.3) is 10.2 Å². The van der Waals surface area contributed by atoms with Crippen LogP contribution in [0.5, 0.6) is 0 Å². The lowest BCUT2D eigenvalue weighted by atomic mass is 10.1. The summed E-state index contributed by atoms with van der Waals surface area (Å²) in [4.78, 5) is 38.2. The quantitative estimate of drug-likeness (QED) is 0.480. The molecule has 0 saturated heterocycles. The van der Waals surface area contributed by atoms with Gasteiger partial charge in [0.2, 0.25) is 5.91 Å². The Morgan fingerprint density at radius 3 is 2.74 bits per heavy atom. The molecule has 0 aliphatic rings. The predicted molar refractivity (Wildman–Crippen MR) is 116 cm³/mol. The number of benzene rings is 1. The van der Waals surface area contributed by atoms with Crippen molar-refractivity contribution in [2.24, 2.45) is 0 Å². The van der Waals surface area contributed by atoms with Gasteiger partial charge in [-0.2, -0.15) is 5.26 Å². The van der Waals surface area contributed by atoms with E-state index in [-0.39, 0.29) is 32.0 Å². The number of hydrogen-bond donors (Lipinski definition) is 1. The summed E-state index contributed by atoms with van der Waals surface area (Å²) in [5.74, 6) is 0.319. The van der Waals surface area contributed by atoms with Crippen molar-refractivity contribution in [3.8, 4) is 6.07 Å². The molecule has 0 spiro atoms. The van der Waals surface area contributed by atoms with Gasteiger partial charge < -0.3 is 9.73 Å². The van der Waals surface area contributed by atoms with Crippen molar-refractivity contribution >= 4 is 27.5 Å². The molecule has 3 heterocycles. The topological polar surface area (TPSA) is 110 Å². The van der Waals surface area contributed by atoms with Crippen LogP contribution < -0.4 is 16.6 Å². The average Bonchev–Trinajstić information content (AvgIpc) is 3.47. The van der Waals surface area contributed by atoms with Crippen LogP contribution in [0.2, 0.25) is 0 Å². The van der Waals surface area contributed by atoms with Crippen LogP contribution in [-0.2, 0) is 24.4 Å². The number of rotatable bonds is 7. The van der Waals surface area contributed by atoms with Crippen molar-refractivity contribution < 1.29 is 9.21 Å². The molecule has 0 fully saturated rings. The molecule has 8 nitrogen and oxygen atoms in total.